The highest BCUT2D eigenvalue weighted by atomic mass is 19.4. The Hall–Kier alpha value is -4.01. The second-order valence-electron chi connectivity index (χ2n) is 7.18. The van der Waals surface area contributed by atoms with E-state index in [0.717, 1.165) is 28.1 Å². The molecule has 0 aliphatic heterocycles. The number of alkyl halides is 3. The van der Waals surface area contributed by atoms with Crippen molar-refractivity contribution >= 4 is 28.4 Å². The average Bonchev–Trinajstić information content (AvgIpc) is 2.74. The summed E-state index contributed by atoms with van der Waals surface area (Å²) >= 11 is 0. The number of anilines is 2. The van der Waals surface area contributed by atoms with Crippen molar-refractivity contribution in [2.75, 3.05) is 11.1 Å². The van der Waals surface area contributed by atoms with Crippen molar-refractivity contribution in [3.8, 4) is 11.1 Å². The van der Waals surface area contributed by atoms with E-state index in [-0.39, 0.29) is 5.95 Å². The number of hydrogen-bond acceptors (Lipinski definition) is 4. The first-order chi connectivity index (χ1) is 15.1. The Labute approximate surface area is 179 Å². The van der Waals surface area contributed by atoms with Gasteiger partial charge in [0.25, 0.3) is 5.91 Å². The number of nitrogens with one attached hydrogen (secondary N) is 1. The second-order valence-corrected chi connectivity index (χ2v) is 7.18. The van der Waals surface area contributed by atoms with E-state index in [0.29, 0.717) is 23.3 Å². The summed E-state index contributed by atoms with van der Waals surface area (Å²) < 4.78 is 52.3. The molecule has 1 heterocycles. The molecule has 0 saturated heterocycles. The fourth-order valence-electron chi connectivity index (χ4n) is 3.30. The molecule has 1 aromatic heterocycles. The van der Waals surface area contributed by atoms with Gasteiger partial charge in [-0.1, -0.05) is 12.1 Å². The van der Waals surface area contributed by atoms with E-state index in [4.69, 9.17) is 5.73 Å². The summed E-state index contributed by atoms with van der Waals surface area (Å²) in [4.78, 5) is 20.6. The Balaban J connectivity index is 1.63. The molecule has 1 amide bonds. The van der Waals surface area contributed by atoms with E-state index in [9.17, 15) is 22.4 Å². The van der Waals surface area contributed by atoms with Crippen LogP contribution in [0.5, 0.6) is 0 Å². The SMILES string of the molecule is Cc1ccc(NC(=O)c2ccc(C(F)(F)F)cc2F)cc1-c1ccc2nc(N)ncc2c1. The van der Waals surface area contributed by atoms with Crippen molar-refractivity contribution in [2.24, 2.45) is 0 Å². The van der Waals surface area contributed by atoms with Crippen LogP contribution in [0.25, 0.3) is 22.0 Å². The van der Waals surface area contributed by atoms with Crippen LogP contribution in [-0.4, -0.2) is 15.9 Å². The number of amides is 1. The van der Waals surface area contributed by atoms with Gasteiger partial charge in [-0.3, -0.25) is 4.79 Å². The zero-order valence-electron chi connectivity index (χ0n) is 16.7. The lowest BCUT2D eigenvalue weighted by molar-refractivity contribution is -0.137. The molecule has 0 saturated carbocycles. The summed E-state index contributed by atoms with van der Waals surface area (Å²) in [5.74, 6) is -1.94. The van der Waals surface area contributed by atoms with Gasteiger partial charge in [-0.15, -0.1) is 0 Å². The van der Waals surface area contributed by atoms with Crippen LogP contribution in [-0.2, 0) is 6.18 Å². The van der Waals surface area contributed by atoms with E-state index in [1.165, 1.54) is 0 Å². The molecule has 0 atom stereocenters. The maximum atomic E-state index is 14.1. The Kier molecular flexibility index (Phi) is 5.25. The van der Waals surface area contributed by atoms with E-state index >= 15 is 0 Å². The van der Waals surface area contributed by atoms with Gasteiger partial charge in [0.15, 0.2) is 0 Å². The molecule has 5 nitrogen and oxygen atoms in total. The number of nitrogens with zero attached hydrogens (tertiary/aromatic N) is 2. The summed E-state index contributed by atoms with van der Waals surface area (Å²) in [6.07, 6.45) is -3.09. The number of halogens is 4. The van der Waals surface area contributed by atoms with Gasteiger partial charge in [0.2, 0.25) is 5.95 Å². The largest absolute Gasteiger partial charge is 0.416 e. The molecule has 0 aliphatic rings. The number of aryl methyl sites for hydroxylation is 1. The van der Waals surface area contributed by atoms with E-state index < -0.39 is 29.0 Å². The summed E-state index contributed by atoms with van der Waals surface area (Å²) in [6, 6.07) is 12.4. The third-order valence-corrected chi connectivity index (χ3v) is 4.95. The minimum Gasteiger partial charge on any atom is -0.368 e. The molecule has 0 unspecified atom stereocenters. The number of rotatable bonds is 3. The predicted octanol–water partition coefficient (Wildman–Crippen LogP) is 5.60. The molecule has 3 aromatic carbocycles. The van der Waals surface area contributed by atoms with E-state index in [1.807, 2.05) is 19.1 Å². The van der Waals surface area contributed by atoms with Crippen LogP contribution in [0.2, 0.25) is 0 Å². The lowest BCUT2D eigenvalue weighted by Crippen LogP contribution is -2.15. The van der Waals surface area contributed by atoms with Crippen LogP contribution in [0.1, 0.15) is 21.5 Å². The second kappa shape index (κ2) is 7.92. The highest BCUT2D eigenvalue weighted by Gasteiger charge is 2.31. The topological polar surface area (TPSA) is 80.9 Å². The molecule has 0 aliphatic carbocycles. The van der Waals surface area contributed by atoms with Gasteiger partial charge in [0.1, 0.15) is 5.82 Å². The Bertz CT molecular complexity index is 1350. The highest BCUT2D eigenvalue weighted by Crippen LogP contribution is 2.31. The first kappa shape index (κ1) is 21.2. The average molecular weight is 440 g/mol. The van der Waals surface area contributed by atoms with Gasteiger partial charge in [-0.25, -0.2) is 14.4 Å². The summed E-state index contributed by atoms with van der Waals surface area (Å²) in [5.41, 5.74) is 7.56. The fraction of sp³-hybridized carbons (Fsp3) is 0.0870. The highest BCUT2D eigenvalue weighted by molar-refractivity contribution is 6.05. The number of carbonyl (C=O) groups is 1. The monoisotopic (exact) mass is 440 g/mol. The maximum Gasteiger partial charge on any atom is 0.416 e. The van der Waals surface area contributed by atoms with Crippen LogP contribution >= 0.6 is 0 Å². The van der Waals surface area contributed by atoms with Gasteiger partial charge in [-0.05, 0) is 66.1 Å². The zero-order chi connectivity index (χ0) is 23.0. The maximum absolute atomic E-state index is 14.1. The van der Waals surface area contributed by atoms with Gasteiger partial charge in [0, 0.05) is 17.3 Å². The van der Waals surface area contributed by atoms with Crippen molar-refractivity contribution in [1.82, 2.24) is 9.97 Å². The molecular formula is C23H16F4N4O. The lowest BCUT2D eigenvalue weighted by Gasteiger charge is -2.12. The van der Waals surface area contributed by atoms with Gasteiger partial charge in [0.05, 0.1) is 16.6 Å². The van der Waals surface area contributed by atoms with E-state index in [2.05, 4.69) is 15.3 Å². The molecule has 32 heavy (non-hydrogen) atoms. The van der Waals surface area contributed by atoms with E-state index in [1.54, 1.807) is 30.5 Å². The van der Waals surface area contributed by atoms with Gasteiger partial charge < -0.3 is 11.1 Å². The molecular weight excluding hydrogens is 424 g/mol. The van der Waals surface area contributed by atoms with Crippen molar-refractivity contribution in [3.05, 3.63) is 83.3 Å². The van der Waals surface area contributed by atoms with Crippen LogP contribution in [0.3, 0.4) is 0 Å². The number of fused-ring (bicyclic) bond motifs is 1. The number of hydrogen-bond donors (Lipinski definition) is 2. The quantitative estimate of drug-likeness (QED) is 0.407. The number of nitrogen functional groups attached to an aromatic ring is 1. The summed E-state index contributed by atoms with van der Waals surface area (Å²) in [5, 5.41) is 3.31. The van der Waals surface area contributed by atoms with Crippen molar-refractivity contribution in [3.63, 3.8) is 0 Å². The molecule has 0 bridgehead atoms. The lowest BCUT2D eigenvalue weighted by atomic mass is 9.98. The summed E-state index contributed by atoms with van der Waals surface area (Å²) in [6.45, 7) is 1.89. The molecule has 4 rings (SSSR count). The number of aromatic nitrogens is 2. The zero-order valence-corrected chi connectivity index (χ0v) is 16.7. The standard InChI is InChI=1S/C23H16F4N4O/c1-12-2-5-16(30-21(32)17-6-4-15(9-19(17)24)23(25,26)27)10-18(12)13-3-7-20-14(8-13)11-29-22(28)31-20/h2-11H,1H3,(H,30,32)(H2,28,29,31). The molecule has 0 radical (unpaired) electrons. The van der Waals surface area contributed by atoms with Crippen molar-refractivity contribution in [1.29, 1.82) is 0 Å². The fourth-order valence-corrected chi connectivity index (χ4v) is 3.30. The molecule has 162 valence electrons. The van der Waals surface area contributed by atoms with Crippen molar-refractivity contribution < 1.29 is 22.4 Å². The summed E-state index contributed by atoms with van der Waals surface area (Å²) in [7, 11) is 0. The molecule has 9 heteroatoms. The number of benzene rings is 3. The third-order valence-electron chi connectivity index (χ3n) is 4.95. The van der Waals surface area contributed by atoms with Crippen LogP contribution in [0.15, 0.2) is 60.8 Å². The number of carbonyl (C=O) groups excluding carboxylic acids is 1. The van der Waals surface area contributed by atoms with Crippen molar-refractivity contribution in [2.45, 2.75) is 13.1 Å². The predicted molar refractivity (Wildman–Crippen MR) is 113 cm³/mol. The Morgan fingerprint density at radius 1 is 1.03 bits per heavy atom. The normalized spacial score (nSPS) is 11.5. The Morgan fingerprint density at radius 2 is 1.81 bits per heavy atom. The number of nitrogens with two attached hydrogens (primary N) is 1. The van der Waals surface area contributed by atoms with Crippen LogP contribution < -0.4 is 11.1 Å². The molecule has 3 N–H and O–H groups in total. The molecule has 0 fully saturated rings. The minimum atomic E-state index is -4.70. The molecule has 4 aromatic rings. The van der Waals surface area contributed by atoms with Crippen LogP contribution in [0.4, 0.5) is 29.2 Å². The third kappa shape index (κ3) is 4.22. The first-order valence-electron chi connectivity index (χ1n) is 9.43. The van der Waals surface area contributed by atoms with Gasteiger partial charge >= 0.3 is 6.18 Å². The van der Waals surface area contributed by atoms with Gasteiger partial charge in [-0.2, -0.15) is 13.2 Å². The molecule has 0 spiro atoms. The first-order valence-corrected chi connectivity index (χ1v) is 9.43. The smallest absolute Gasteiger partial charge is 0.368 e. The Morgan fingerprint density at radius 3 is 2.53 bits per heavy atom. The van der Waals surface area contributed by atoms with Crippen LogP contribution in [0, 0.1) is 12.7 Å². The minimum absolute atomic E-state index is 0.168.